The fourth-order valence-electron chi connectivity index (χ4n) is 3.37. The van der Waals surface area contributed by atoms with Crippen molar-refractivity contribution in [3.05, 3.63) is 89.5 Å². The van der Waals surface area contributed by atoms with E-state index in [2.05, 4.69) is 5.32 Å². The molecule has 6 nitrogen and oxygen atoms in total. The van der Waals surface area contributed by atoms with Crippen LogP contribution in [0.2, 0.25) is 0 Å². The van der Waals surface area contributed by atoms with Crippen LogP contribution >= 0.6 is 0 Å². The van der Waals surface area contributed by atoms with E-state index in [0.717, 1.165) is 21.0 Å². The highest BCUT2D eigenvalue weighted by molar-refractivity contribution is 7.92. The third-order valence-electron chi connectivity index (χ3n) is 5.18. The summed E-state index contributed by atoms with van der Waals surface area (Å²) in [6, 6.07) is 21.0. The zero-order chi connectivity index (χ0) is 23.3. The van der Waals surface area contributed by atoms with E-state index in [1.165, 1.54) is 7.11 Å². The van der Waals surface area contributed by atoms with E-state index in [1.807, 2.05) is 57.2 Å². The molecule has 0 aromatic heterocycles. The summed E-state index contributed by atoms with van der Waals surface area (Å²) >= 11 is 0. The van der Waals surface area contributed by atoms with Gasteiger partial charge in [-0.2, -0.15) is 0 Å². The molecule has 0 spiro atoms. The van der Waals surface area contributed by atoms with Gasteiger partial charge in [0.1, 0.15) is 12.3 Å². The van der Waals surface area contributed by atoms with Gasteiger partial charge in [-0.05, 0) is 56.2 Å². The summed E-state index contributed by atoms with van der Waals surface area (Å²) in [6.45, 7) is 5.22. The molecule has 3 aromatic carbocycles. The minimum Gasteiger partial charge on any atom is -0.495 e. The van der Waals surface area contributed by atoms with Crippen molar-refractivity contribution < 1.29 is 17.9 Å². The number of amides is 1. The first kappa shape index (κ1) is 23.3. The minimum absolute atomic E-state index is 0.107. The van der Waals surface area contributed by atoms with Crippen LogP contribution in [-0.4, -0.2) is 28.0 Å². The molecule has 3 aromatic rings. The number of carbonyl (C=O) groups excluding carboxylic acids is 1. The minimum atomic E-state index is -4.02. The van der Waals surface area contributed by atoms with E-state index in [-0.39, 0.29) is 17.5 Å². The molecule has 1 amide bonds. The van der Waals surface area contributed by atoms with Gasteiger partial charge in [-0.15, -0.1) is 0 Å². The number of carbonyl (C=O) groups is 1. The summed E-state index contributed by atoms with van der Waals surface area (Å²) in [7, 11) is -2.55. The Morgan fingerprint density at radius 3 is 2.22 bits per heavy atom. The maximum absolute atomic E-state index is 13.6. The van der Waals surface area contributed by atoms with E-state index >= 15 is 0 Å². The summed E-state index contributed by atoms with van der Waals surface area (Å²) in [4.78, 5) is 13.1. The number of rotatable bonds is 8. The number of aryl methyl sites for hydroxylation is 2. The van der Waals surface area contributed by atoms with Gasteiger partial charge in [0, 0.05) is 0 Å². The van der Waals surface area contributed by atoms with Gasteiger partial charge in [0.15, 0.2) is 0 Å². The average Bonchev–Trinajstić information content (AvgIpc) is 2.78. The second-order valence-corrected chi connectivity index (χ2v) is 9.56. The van der Waals surface area contributed by atoms with E-state index in [4.69, 9.17) is 4.74 Å². The molecule has 32 heavy (non-hydrogen) atoms. The molecule has 0 aliphatic heterocycles. The fourth-order valence-corrected chi connectivity index (χ4v) is 4.80. The molecule has 0 fully saturated rings. The molecule has 168 valence electrons. The fraction of sp³-hybridized carbons (Fsp3) is 0.240. The second-order valence-electron chi connectivity index (χ2n) is 7.70. The highest BCUT2D eigenvalue weighted by atomic mass is 32.2. The quantitative estimate of drug-likeness (QED) is 0.550. The number of benzene rings is 3. The Labute approximate surface area is 189 Å². The molecular weight excluding hydrogens is 424 g/mol. The molecule has 1 atom stereocenters. The Balaban J connectivity index is 1.98. The summed E-state index contributed by atoms with van der Waals surface area (Å²) < 4.78 is 33.7. The number of ether oxygens (including phenoxy) is 1. The van der Waals surface area contributed by atoms with Crippen LogP contribution in [0.15, 0.2) is 77.7 Å². The van der Waals surface area contributed by atoms with Gasteiger partial charge in [0.05, 0.1) is 23.7 Å². The summed E-state index contributed by atoms with van der Waals surface area (Å²) in [6.07, 6.45) is 0. The number of anilines is 1. The molecule has 1 unspecified atom stereocenters. The van der Waals surface area contributed by atoms with Crippen LogP contribution in [-0.2, 0) is 14.8 Å². The summed E-state index contributed by atoms with van der Waals surface area (Å²) in [5, 5.41) is 2.90. The molecule has 0 aliphatic carbocycles. The lowest BCUT2D eigenvalue weighted by atomic mass is 10.1. The van der Waals surface area contributed by atoms with Gasteiger partial charge in [-0.1, -0.05) is 54.1 Å². The lowest BCUT2D eigenvalue weighted by molar-refractivity contribution is -0.120. The van der Waals surface area contributed by atoms with Gasteiger partial charge >= 0.3 is 0 Å². The molecule has 7 heteroatoms. The number of sulfonamides is 1. The number of nitrogens with zero attached hydrogens (tertiary/aromatic N) is 1. The topological polar surface area (TPSA) is 75.7 Å². The number of nitrogens with one attached hydrogen (secondary N) is 1. The Kier molecular flexibility index (Phi) is 7.20. The SMILES string of the molecule is COc1ccc(C)cc1N(CC(=O)NC(C)c1ccccc1)S(=O)(=O)c1ccc(C)cc1. The zero-order valence-electron chi connectivity index (χ0n) is 18.7. The first-order chi connectivity index (χ1) is 15.2. The van der Waals surface area contributed by atoms with E-state index in [9.17, 15) is 13.2 Å². The number of hydrogen-bond acceptors (Lipinski definition) is 4. The van der Waals surface area contributed by atoms with Crippen molar-refractivity contribution in [2.24, 2.45) is 0 Å². The summed E-state index contributed by atoms with van der Waals surface area (Å²) in [5.74, 6) is -0.0456. The zero-order valence-corrected chi connectivity index (χ0v) is 19.5. The van der Waals surface area contributed by atoms with Crippen LogP contribution in [0.4, 0.5) is 5.69 Å². The van der Waals surface area contributed by atoms with Crippen LogP contribution < -0.4 is 14.4 Å². The van der Waals surface area contributed by atoms with Crippen LogP contribution in [0.5, 0.6) is 5.75 Å². The molecule has 0 heterocycles. The average molecular weight is 453 g/mol. The van der Waals surface area contributed by atoms with Crippen molar-refractivity contribution in [1.82, 2.24) is 5.32 Å². The maximum Gasteiger partial charge on any atom is 0.264 e. The number of methoxy groups -OCH3 is 1. The van der Waals surface area contributed by atoms with Gasteiger partial charge in [0.25, 0.3) is 10.0 Å². The van der Waals surface area contributed by atoms with Crippen LogP contribution in [0.3, 0.4) is 0 Å². The molecule has 0 radical (unpaired) electrons. The molecular formula is C25H28N2O4S. The predicted molar refractivity (Wildman–Crippen MR) is 126 cm³/mol. The second kappa shape index (κ2) is 9.87. The largest absolute Gasteiger partial charge is 0.495 e. The van der Waals surface area contributed by atoms with Crippen LogP contribution in [0.25, 0.3) is 0 Å². The molecule has 0 aliphatic rings. The van der Waals surface area contributed by atoms with Gasteiger partial charge < -0.3 is 10.1 Å². The monoisotopic (exact) mass is 452 g/mol. The predicted octanol–water partition coefficient (Wildman–Crippen LogP) is 4.38. The van der Waals surface area contributed by atoms with Crippen molar-refractivity contribution in [3.63, 3.8) is 0 Å². The number of hydrogen-bond donors (Lipinski definition) is 1. The molecule has 3 rings (SSSR count). The summed E-state index contributed by atoms with van der Waals surface area (Å²) in [5.41, 5.74) is 3.04. The van der Waals surface area contributed by atoms with E-state index < -0.39 is 15.9 Å². The van der Waals surface area contributed by atoms with Gasteiger partial charge in [-0.3, -0.25) is 9.10 Å². The Bertz CT molecular complexity index is 1180. The lowest BCUT2D eigenvalue weighted by Crippen LogP contribution is -2.41. The van der Waals surface area contributed by atoms with Crippen molar-refractivity contribution in [2.75, 3.05) is 18.0 Å². The van der Waals surface area contributed by atoms with Crippen molar-refractivity contribution >= 4 is 21.6 Å². The highest BCUT2D eigenvalue weighted by Gasteiger charge is 2.30. The normalized spacial score (nSPS) is 12.1. The molecule has 0 saturated carbocycles. The standard InChI is InChI=1S/C25H28N2O4S/c1-18-10-13-22(14-11-18)32(29,30)27(23-16-19(2)12-15-24(23)31-4)17-25(28)26-20(3)21-8-6-5-7-9-21/h5-16,20H,17H2,1-4H3,(H,26,28). The Morgan fingerprint density at radius 1 is 0.969 bits per heavy atom. The maximum atomic E-state index is 13.6. The van der Waals surface area contributed by atoms with Gasteiger partial charge in [0.2, 0.25) is 5.91 Å². The van der Waals surface area contributed by atoms with Crippen LogP contribution in [0, 0.1) is 13.8 Å². The molecule has 1 N–H and O–H groups in total. The van der Waals surface area contributed by atoms with Crippen molar-refractivity contribution in [3.8, 4) is 5.75 Å². The third kappa shape index (κ3) is 5.29. The van der Waals surface area contributed by atoms with Gasteiger partial charge in [-0.25, -0.2) is 8.42 Å². The van der Waals surface area contributed by atoms with E-state index in [1.54, 1.807) is 36.4 Å². The van der Waals surface area contributed by atoms with Crippen LogP contribution in [0.1, 0.15) is 29.7 Å². The lowest BCUT2D eigenvalue weighted by Gasteiger charge is -2.27. The molecule has 0 saturated heterocycles. The van der Waals surface area contributed by atoms with Crippen molar-refractivity contribution in [1.29, 1.82) is 0 Å². The first-order valence-corrected chi connectivity index (χ1v) is 11.7. The first-order valence-electron chi connectivity index (χ1n) is 10.3. The Hall–Kier alpha value is -3.32. The highest BCUT2D eigenvalue weighted by Crippen LogP contribution is 2.33. The Morgan fingerprint density at radius 2 is 1.59 bits per heavy atom. The van der Waals surface area contributed by atoms with Crippen molar-refractivity contribution in [2.45, 2.75) is 31.7 Å². The van der Waals surface area contributed by atoms with E-state index in [0.29, 0.717) is 11.4 Å². The molecule has 0 bridgehead atoms. The third-order valence-corrected chi connectivity index (χ3v) is 6.95. The smallest absolute Gasteiger partial charge is 0.264 e.